The van der Waals surface area contributed by atoms with E-state index in [9.17, 15) is 4.79 Å². The zero-order valence-corrected chi connectivity index (χ0v) is 16.1. The Kier molecular flexibility index (Phi) is 5.74. The molecular weight excluding hydrogens is 342 g/mol. The summed E-state index contributed by atoms with van der Waals surface area (Å²) in [4.78, 5) is 15.1. The molecule has 1 aliphatic rings. The lowest BCUT2D eigenvalue weighted by molar-refractivity contribution is 0.102. The van der Waals surface area contributed by atoms with Crippen LogP contribution < -0.4 is 25.4 Å². The Balaban J connectivity index is 1.84. The Morgan fingerprint density at radius 3 is 2.44 bits per heavy atom. The molecule has 0 bridgehead atoms. The Hall–Kier alpha value is -2.89. The predicted octanol–water partition coefficient (Wildman–Crippen LogP) is 3.77. The third-order valence-corrected chi connectivity index (χ3v) is 5.04. The van der Waals surface area contributed by atoms with Crippen LogP contribution in [0.1, 0.15) is 30.1 Å². The molecule has 0 atom stereocenters. The average molecular weight is 369 g/mol. The number of hydrogen-bond donors (Lipinski definition) is 2. The lowest BCUT2D eigenvalue weighted by atomic mass is 9.98. The molecule has 2 aromatic carbocycles. The molecule has 1 saturated heterocycles. The molecule has 3 rings (SSSR count). The standard InChI is InChI=1S/C21H27N3O3/c1-14-8-10-24(11-9-14)18-6-5-16(22)13-17(18)23-21(25)15-4-7-19(26-2)20(12-15)27-3/h4-7,12-14H,8-11,22H2,1-3H3,(H,23,25). The molecule has 1 amide bonds. The minimum atomic E-state index is -0.215. The van der Waals surface area contributed by atoms with Gasteiger partial charge in [0, 0.05) is 24.3 Å². The fourth-order valence-corrected chi connectivity index (χ4v) is 3.35. The Bertz CT molecular complexity index is 814. The smallest absolute Gasteiger partial charge is 0.255 e. The summed E-state index contributed by atoms with van der Waals surface area (Å²) >= 11 is 0. The number of methoxy groups -OCH3 is 2. The normalized spacial score (nSPS) is 14.7. The van der Waals surface area contributed by atoms with Gasteiger partial charge >= 0.3 is 0 Å². The fourth-order valence-electron chi connectivity index (χ4n) is 3.35. The summed E-state index contributed by atoms with van der Waals surface area (Å²) in [5.41, 5.74) is 8.81. The zero-order valence-electron chi connectivity index (χ0n) is 16.1. The first kappa shape index (κ1) is 18.9. The van der Waals surface area contributed by atoms with Gasteiger partial charge in [-0.05, 0) is 55.2 Å². The van der Waals surface area contributed by atoms with Crippen molar-refractivity contribution >= 4 is 23.0 Å². The van der Waals surface area contributed by atoms with Gasteiger partial charge in [0.15, 0.2) is 11.5 Å². The monoisotopic (exact) mass is 369 g/mol. The van der Waals surface area contributed by atoms with Crippen LogP contribution in [-0.2, 0) is 0 Å². The maximum atomic E-state index is 12.8. The van der Waals surface area contributed by atoms with Crippen LogP contribution in [0.4, 0.5) is 17.1 Å². The van der Waals surface area contributed by atoms with Gasteiger partial charge in [-0.2, -0.15) is 0 Å². The van der Waals surface area contributed by atoms with Crippen molar-refractivity contribution in [2.75, 3.05) is 43.3 Å². The second-order valence-corrected chi connectivity index (χ2v) is 6.97. The van der Waals surface area contributed by atoms with Gasteiger partial charge in [0.25, 0.3) is 5.91 Å². The van der Waals surface area contributed by atoms with Crippen molar-refractivity contribution in [3.8, 4) is 11.5 Å². The highest BCUT2D eigenvalue weighted by molar-refractivity contribution is 6.06. The minimum absolute atomic E-state index is 0.215. The van der Waals surface area contributed by atoms with Crippen molar-refractivity contribution in [3.63, 3.8) is 0 Å². The van der Waals surface area contributed by atoms with Gasteiger partial charge in [-0.15, -0.1) is 0 Å². The van der Waals surface area contributed by atoms with E-state index in [-0.39, 0.29) is 5.91 Å². The first-order valence-electron chi connectivity index (χ1n) is 9.19. The number of hydrogen-bond acceptors (Lipinski definition) is 5. The highest BCUT2D eigenvalue weighted by Crippen LogP contribution is 2.33. The first-order valence-corrected chi connectivity index (χ1v) is 9.19. The van der Waals surface area contributed by atoms with Crippen LogP contribution in [0.5, 0.6) is 11.5 Å². The molecule has 0 spiro atoms. The highest BCUT2D eigenvalue weighted by atomic mass is 16.5. The minimum Gasteiger partial charge on any atom is -0.493 e. The number of carbonyl (C=O) groups is 1. The van der Waals surface area contributed by atoms with Gasteiger partial charge in [-0.3, -0.25) is 4.79 Å². The van der Waals surface area contributed by atoms with Gasteiger partial charge in [-0.25, -0.2) is 0 Å². The molecule has 1 heterocycles. The Morgan fingerprint density at radius 1 is 1.07 bits per heavy atom. The quantitative estimate of drug-likeness (QED) is 0.785. The van der Waals surface area contributed by atoms with E-state index in [1.165, 1.54) is 0 Å². The van der Waals surface area contributed by atoms with Gasteiger partial charge in [0.05, 0.1) is 25.6 Å². The number of ether oxygens (including phenoxy) is 2. The van der Waals surface area contributed by atoms with Crippen molar-refractivity contribution in [2.24, 2.45) is 5.92 Å². The second kappa shape index (κ2) is 8.20. The first-order chi connectivity index (χ1) is 13.0. The summed E-state index contributed by atoms with van der Waals surface area (Å²) in [6.45, 7) is 4.23. The molecule has 144 valence electrons. The second-order valence-electron chi connectivity index (χ2n) is 6.97. The van der Waals surface area contributed by atoms with Crippen molar-refractivity contribution in [3.05, 3.63) is 42.0 Å². The van der Waals surface area contributed by atoms with Crippen LogP contribution in [0.25, 0.3) is 0 Å². The molecule has 0 unspecified atom stereocenters. The molecule has 3 N–H and O–H groups in total. The molecule has 27 heavy (non-hydrogen) atoms. The summed E-state index contributed by atoms with van der Waals surface area (Å²) < 4.78 is 10.5. The van der Waals surface area contributed by atoms with Crippen LogP contribution in [0, 0.1) is 5.92 Å². The van der Waals surface area contributed by atoms with Crippen LogP contribution in [-0.4, -0.2) is 33.2 Å². The topological polar surface area (TPSA) is 76.8 Å². The van der Waals surface area contributed by atoms with E-state index in [1.807, 2.05) is 18.2 Å². The number of piperidine rings is 1. The molecule has 1 aliphatic heterocycles. The number of nitrogens with zero attached hydrogens (tertiary/aromatic N) is 1. The lowest BCUT2D eigenvalue weighted by Crippen LogP contribution is -2.33. The van der Waals surface area contributed by atoms with Crippen molar-refractivity contribution in [2.45, 2.75) is 19.8 Å². The van der Waals surface area contributed by atoms with Crippen molar-refractivity contribution < 1.29 is 14.3 Å². The number of nitrogen functional groups attached to an aromatic ring is 1. The number of nitrogens with one attached hydrogen (secondary N) is 1. The Morgan fingerprint density at radius 2 is 1.78 bits per heavy atom. The number of carbonyl (C=O) groups excluding carboxylic acids is 1. The summed E-state index contributed by atoms with van der Waals surface area (Å²) in [5, 5.41) is 3.01. The molecular formula is C21H27N3O3. The van der Waals surface area contributed by atoms with Crippen LogP contribution in [0.15, 0.2) is 36.4 Å². The van der Waals surface area contributed by atoms with Gasteiger partial charge in [-0.1, -0.05) is 6.92 Å². The van der Waals surface area contributed by atoms with Gasteiger partial charge in [0.2, 0.25) is 0 Å². The number of nitrogens with two attached hydrogens (primary N) is 1. The molecule has 1 fully saturated rings. The highest BCUT2D eigenvalue weighted by Gasteiger charge is 2.20. The van der Waals surface area contributed by atoms with E-state index in [1.54, 1.807) is 32.4 Å². The number of anilines is 3. The summed E-state index contributed by atoms with van der Waals surface area (Å²) in [7, 11) is 3.11. The molecule has 2 aromatic rings. The van der Waals surface area contributed by atoms with Crippen molar-refractivity contribution in [1.82, 2.24) is 0 Å². The van der Waals surface area contributed by atoms with E-state index in [4.69, 9.17) is 15.2 Å². The van der Waals surface area contributed by atoms with E-state index in [0.29, 0.717) is 22.7 Å². The predicted molar refractivity (Wildman–Crippen MR) is 109 cm³/mol. The molecule has 0 radical (unpaired) electrons. The maximum absolute atomic E-state index is 12.8. The summed E-state index contributed by atoms with van der Waals surface area (Å²) in [6.07, 6.45) is 2.29. The molecule has 0 saturated carbocycles. The molecule has 0 aromatic heterocycles. The maximum Gasteiger partial charge on any atom is 0.255 e. The van der Waals surface area contributed by atoms with E-state index in [2.05, 4.69) is 17.1 Å². The SMILES string of the molecule is COc1ccc(C(=O)Nc2cc(N)ccc2N2CCC(C)CC2)cc1OC. The van der Waals surface area contributed by atoms with E-state index in [0.717, 1.165) is 43.2 Å². The Labute approximate surface area is 160 Å². The zero-order chi connectivity index (χ0) is 19.4. The summed E-state index contributed by atoms with van der Waals surface area (Å²) in [6, 6.07) is 10.8. The van der Waals surface area contributed by atoms with Gasteiger partial charge < -0.3 is 25.4 Å². The molecule has 6 heteroatoms. The fraction of sp³-hybridized carbons (Fsp3) is 0.381. The third kappa shape index (κ3) is 4.27. The third-order valence-electron chi connectivity index (χ3n) is 5.04. The van der Waals surface area contributed by atoms with Gasteiger partial charge in [0.1, 0.15) is 0 Å². The number of rotatable bonds is 5. The van der Waals surface area contributed by atoms with Crippen molar-refractivity contribution in [1.29, 1.82) is 0 Å². The largest absolute Gasteiger partial charge is 0.493 e. The molecule has 0 aliphatic carbocycles. The van der Waals surface area contributed by atoms with E-state index >= 15 is 0 Å². The van der Waals surface area contributed by atoms with Crippen LogP contribution >= 0.6 is 0 Å². The summed E-state index contributed by atoms with van der Waals surface area (Å²) in [5.74, 6) is 1.62. The average Bonchev–Trinajstić information content (AvgIpc) is 2.68. The number of amides is 1. The van der Waals surface area contributed by atoms with Crippen LogP contribution in [0.2, 0.25) is 0 Å². The molecule has 6 nitrogen and oxygen atoms in total. The lowest BCUT2D eigenvalue weighted by Gasteiger charge is -2.33. The number of benzene rings is 2. The van der Waals surface area contributed by atoms with E-state index < -0.39 is 0 Å². The van der Waals surface area contributed by atoms with Crippen LogP contribution in [0.3, 0.4) is 0 Å².